The number of methoxy groups -OCH3 is 1. The Labute approximate surface area is 200 Å². The van der Waals surface area contributed by atoms with Gasteiger partial charge in [-0.1, -0.05) is 20.8 Å². The Balaban J connectivity index is 1.89. The maximum atomic E-state index is 10.8. The van der Waals surface area contributed by atoms with Gasteiger partial charge in [-0.2, -0.15) is 5.26 Å². The Kier molecular flexibility index (Phi) is 7.27. The van der Waals surface area contributed by atoms with E-state index >= 15 is 0 Å². The zero-order valence-corrected chi connectivity index (χ0v) is 21.0. The molecule has 1 aromatic heterocycles. The van der Waals surface area contributed by atoms with Gasteiger partial charge in [-0.25, -0.2) is 9.79 Å². The van der Waals surface area contributed by atoms with Crippen molar-refractivity contribution in [1.29, 1.82) is 5.26 Å². The van der Waals surface area contributed by atoms with Crippen molar-refractivity contribution in [3.63, 3.8) is 0 Å². The van der Waals surface area contributed by atoms with Crippen LogP contribution in [0.3, 0.4) is 0 Å². The summed E-state index contributed by atoms with van der Waals surface area (Å²) in [5.74, 6) is 0.378. The molecule has 0 saturated heterocycles. The molecule has 0 aliphatic heterocycles. The summed E-state index contributed by atoms with van der Waals surface area (Å²) in [4.78, 5) is 16.7. The third kappa shape index (κ3) is 5.39. The van der Waals surface area contributed by atoms with Crippen LogP contribution in [0.15, 0.2) is 17.1 Å². The standard InChI is InChI=1S/C23H25IN2O4S/c1-23(2,3)14-5-6-15-16(10-25)22(31-19(15)9-14)26-11-13-7-17(24)21(18(8-13)29-4)30-12-20(27)28/h7-8,11,14H,5-6,9,12H2,1-4H3,(H,27,28)/t14-/m0/s1. The number of halogens is 1. The van der Waals surface area contributed by atoms with Crippen LogP contribution >= 0.6 is 33.9 Å². The van der Waals surface area contributed by atoms with Crippen LogP contribution in [0.1, 0.15) is 48.8 Å². The number of ether oxygens (including phenoxy) is 2. The average Bonchev–Trinajstić information content (AvgIpc) is 3.06. The minimum absolute atomic E-state index is 0.246. The van der Waals surface area contributed by atoms with E-state index in [1.54, 1.807) is 23.6 Å². The maximum Gasteiger partial charge on any atom is 0.341 e. The average molecular weight is 552 g/mol. The highest BCUT2D eigenvalue weighted by Gasteiger charge is 2.32. The van der Waals surface area contributed by atoms with Gasteiger partial charge < -0.3 is 14.6 Å². The molecule has 8 heteroatoms. The van der Waals surface area contributed by atoms with Gasteiger partial charge in [-0.15, -0.1) is 11.3 Å². The van der Waals surface area contributed by atoms with E-state index in [1.165, 1.54) is 12.0 Å². The summed E-state index contributed by atoms with van der Waals surface area (Å²) in [6.07, 6.45) is 4.73. The second-order valence-corrected chi connectivity index (χ2v) is 10.8. The normalized spacial score (nSPS) is 16.1. The number of nitriles is 1. The van der Waals surface area contributed by atoms with Gasteiger partial charge in [0.05, 0.1) is 16.2 Å². The van der Waals surface area contributed by atoms with E-state index in [-0.39, 0.29) is 5.41 Å². The van der Waals surface area contributed by atoms with Gasteiger partial charge in [0.1, 0.15) is 11.1 Å². The number of nitrogens with zero attached hydrogens (tertiary/aromatic N) is 2. The van der Waals surface area contributed by atoms with Crippen molar-refractivity contribution in [1.82, 2.24) is 0 Å². The van der Waals surface area contributed by atoms with Gasteiger partial charge >= 0.3 is 5.97 Å². The third-order valence-electron chi connectivity index (χ3n) is 5.51. The van der Waals surface area contributed by atoms with Crippen molar-refractivity contribution >= 4 is 51.1 Å². The Morgan fingerprint density at radius 1 is 1.45 bits per heavy atom. The lowest BCUT2D eigenvalue weighted by Crippen LogP contribution is -2.26. The van der Waals surface area contributed by atoms with E-state index < -0.39 is 12.6 Å². The largest absolute Gasteiger partial charge is 0.493 e. The lowest BCUT2D eigenvalue weighted by Gasteiger charge is -2.33. The second kappa shape index (κ2) is 9.57. The summed E-state index contributed by atoms with van der Waals surface area (Å²) in [6.45, 7) is 6.39. The van der Waals surface area contributed by atoms with Crippen molar-refractivity contribution in [2.24, 2.45) is 16.3 Å². The van der Waals surface area contributed by atoms with Gasteiger partial charge in [0.25, 0.3) is 0 Å². The van der Waals surface area contributed by atoms with Crippen LogP contribution in [0.25, 0.3) is 0 Å². The van der Waals surface area contributed by atoms with Gasteiger partial charge in [0, 0.05) is 11.1 Å². The SMILES string of the molecule is COc1cc(C=Nc2sc3c(c2C#N)CC[C@H](C(C)(C)C)C3)cc(I)c1OCC(=O)O. The molecular formula is C23H25IN2O4S. The van der Waals surface area contributed by atoms with E-state index in [4.69, 9.17) is 14.6 Å². The number of carboxylic acids is 1. The summed E-state index contributed by atoms with van der Waals surface area (Å²) in [5, 5.41) is 19.3. The molecule has 3 rings (SSSR count). The van der Waals surface area contributed by atoms with Crippen LogP contribution in [-0.4, -0.2) is 31.0 Å². The van der Waals surface area contributed by atoms with Crippen LogP contribution in [0, 0.1) is 26.2 Å². The molecule has 1 aliphatic rings. The third-order valence-corrected chi connectivity index (χ3v) is 7.47. The van der Waals surface area contributed by atoms with Crippen molar-refractivity contribution < 1.29 is 19.4 Å². The molecule has 1 aromatic carbocycles. The van der Waals surface area contributed by atoms with Crippen LogP contribution < -0.4 is 9.47 Å². The number of fused-ring (bicyclic) bond motifs is 1. The summed E-state index contributed by atoms with van der Waals surface area (Å²) < 4.78 is 11.4. The molecule has 0 fully saturated rings. The fraction of sp³-hybridized carbons (Fsp3) is 0.435. The Morgan fingerprint density at radius 3 is 2.81 bits per heavy atom. The molecule has 2 aromatic rings. The molecule has 0 amide bonds. The van der Waals surface area contributed by atoms with E-state index in [9.17, 15) is 10.1 Å². The molecular weight excluding hydrogens is 527 g/mol. The first-order chi connectivity index (χ1) is 14.6. The zero-order valence-electron chi connectivity index (χ0n) is 18.0. The maximum absolute atomic E-state index is 10.8. The molecule has 1 aliphatic carbocycles. The topological polar surface area (TPSA) is 91.9 Å². The smallest absolute Gasteiger partial charge is 0.341 e. The predicted molar refractivity (Wildman–Crippen MR) is 130 cm³/mol. The number of thiophene rings is 1. The molecule has 0 radical (unpaired) electrons. The zero-order chi connectivity index (χ0) is 22.8. The molecule has 6 nitrogen and oxygen atoms in total. The Morgan fingerprint density at radius 2 is 2.19 bits per heavy atom. The molecule has 31 heavy (non-hydrogen) atoms. The monoisotopic (exact) mass is 552 g/mol. The van der Waals surface area contributed by atoms with Gasteiger partial charge in [0.15, 0.2) is 18.1 Å². The van der Waals surface area contributed by atoms with Crippen molar-refractivity contribution in [3.8, 4) is 17.6 Å². The Hall–Kier alpha value is -2.12. The fourth-order valence-corrected chi connectivity index (χ4v) is 5.74. The first-order valence-electron chi connectivity index (χ1n) is 9.94. The minimum Gasteiger partial charge on any atom is -0.493 e. The number of aliphatic imine (C=N–C) groups is 1. The summed E-state index contributed by atoms with van der Waals surface area (Å²) in [6, 6.07) is 5.95. The lowest BCUT2D eigenvalue weighted by molar-refractivity contribution is -0.139. The van der Waals surface area contributed by atoms with Crippen molar-refractivity contribution in [2.45, 2.75) is 40.0 Å². The minimum atomic E-state index is -1.05. The predicted octanol–water partition coefficient (Wildman–Crippen LogP) is 5.60. The molecule has 0 unspecified atom stereocenters. The van der Waals surface area contributed by atoms with E-state index in [0.29, 0.717) is 23.0 Å². The van der Waals surface area contributed by atoms with Crippen LogP contribution in [0.4, 0.5) is 5.00 Å². The molecule has 0 bridgehead atoms. The second-order valence-electron chi connectivity index (χ2n) is 8.58. The molecule has 1 atom stereocenters. The highest BCUT2D eigenvalue weighted by molar-refractivity contribution is 14.1. The number of benzene rings is 1. The lowest BCUT2D eigenvalue weighted by atomic mass is 9.72. The molecule has 0 spiro atoms. The van der Waals surface area contributed by atoms with Crippen molar-refractivity contribution in [3.05, 3.63) is 37.3 Å². The van der Waals surface area contributed by atoms with Crippen LogP contribution in [-0.2, 0) is 17.6 Å². The summed E-state index contributed by atoms with van der Waals surface area (Å²) >= 11 is 3.69. The van der Waals surface area contributed by atoms with E-state index in [1.807, 2.05) is 6.07 Å². The number of hydrogen-bond donors (Lipinski definition) is 1. The Bertz CT molecular complexity index is 1060. The number of hydrogen-bond acceptors (Lipinski definition) is 6. The highest BCUT2D eigenvalue weighted by atomic mass is 127. The molecule has 1 N–H and O–H groups in total. The molecule has 0 saturated carbocycles. The molecule has 164 valence electrons. The quantitative estimate of drug-likeness (QED) is 0.372. The summed E-state index contributed by atoms with van der Waals surface area (Å²) in [7, 11) is 1.51. The van der Waals surface area contributed by atoms with Gasteiger partial charge in [-0.05, 0) is 76.4 Å². The highest BCUT2D eigenvalue weighted by Crippen LogP contribution is 2.45. The summed E-state index contributed by atoms with van der Waals surface area (Å²) in [5.41, 5.74) is 2.87. The van der Waals surface area contributed by atoms with Crippen molar-refractivity contribution in [2.75, 3.05) is 13.7 Å². The number of aliphatic carboxylic acids is 1. The number of rotatable bonds is 6. The van der Waals surface area contributed by atoms with Crippen LogP contribution in [0.2, 0.25) is 0 Å². The first-order valence-corrected chi connectivity index (χ1v) is 11.8. The first kappa shape index (κ1) is 23.5. The van der Waals surface area contributed by atoms with E-state index in [2.05, 4.69) is 54.4 Å². The van der Waals surface area contributed by atoms with Crippen LogP contribution in [0.5, 0.6) is 11.5 Å². The number of carboxylic acid groups (broad SMARTS) is 1. The van der Waals surface area contributed by atoms with Gasteiger partial charge in [-0.3, -0.25) is 0 Å². The van der Waals surface area contributed by atoms with Gasteiger partial charge in [0.2, 0.25) is 0 Å². The number of carbonyl (C=O) groups is 1. The van der Waals surface area contributed by atoms with E-state index in [0.717, 1.165) is 39.0 Å². The fourth-order valence-electron chi connectivity index (χ4n) is 3.74. The molecule has 1 heterocycles.